The third kappa shape index (κ3) is 8.20. The Morgan fingerprint density at radius 3 is 2.36 bits per heavy atom. The molecule has 1 aliphatic carbocycles. The van der Waals surface area contributed by atoms with Gasteiger partial charge in [0, 0.05) is 51.4 Å². The number of nitrogens with zero attached hydrogens (tertiary/aromatic N) is 5. The van der Waals surface area contributed by atoms with Crippen molar-refractivity contribution in [1.29, 1.82) is 0 Å². The number of nitrogens with one attached hydrogen (secondary N) is 2. The lowest BCUT2D eigenvalue weighted by Crippen LogP contribution is -2.56. The highest BCUT2D eigenvalue weighted by Gasteiger charge is 2.36. The molecule has 5 rings (SSSR count). The summed E-state index contributed by atoms with van der Waals surface area (Å²) in [5.41, 5.74) is 0.522. The van der Waals surface area contributed by atoms with Crippen LogP contribution in [-0.2, 0) is 19.1 Å². The van der Waals surface area contributed by atoms with Crippen LogP contribution in [-0.4, -0.2) is 130 Å². The Labute approximate surface area is 273 Å². The highest BCUT2D eigenvalue weighted by Crippen LogP contribution is 2.24. The third-order valence-electron chi connectivity index (χ3n) is 8.72. The van der Waals surface area contributed by atoms with Crippen molar-refractivity contribution in [3.8, 4) is 11.6 Å². The molecule has 2 saturated heterocycles. The van der Waals surface area contributed by atoms with Crippen LogP contribution in [0.4, 0.5) is 4.79 Å². The number of aliphatic hydroxyl groups excluding tert-OH is 1. The number of hydrogen-bond acceptors (Lipinski definition) is 9. The lowest BCUT2D eigenvalue weighted by Gasteiger charge is -2.35. The molecular formula is C32H43N7O8. The highest BCUT2D eigenvalue weighted by molar-refractivity contribution is 5.96. The minimum absolute atomic E-state index is 0.0226. The first-order valence-corrected chi connectivity index (χ1v) is 16.3. The van der Waals surface area contributed by atoms with Crippen LogP contribution in [0.15, 0.2) is 36.4 Å². The van der Waals surface area contributed by atoms with Crippen molar-refractivity contribution < 1.29 is 38.6 Å². The minimum atomic E-state index is -1.03. The van der Waals surface area contributed by atoms with Crippen LogP contribution < -0.4 is 15.4 Å². The Balaban J connectivity index is 1.25. The molecule has 3 fully saturated rings. The van der Waals surface area contributed by atoms with E-state index in [-0.39, 0.29) is 87.8 Å². The van der Waals surface area contributed by atoms with Gasteiger partial charge in [-0.2, -0.15) is 5.10 Å². The molecule has 0 radical (unpaired) electrons. The van der Waals surface area contributed by atoms with Gasteiger partial charge in [-0.25, -0.2) is 9.48 Å². The van der Waals surface area contributed by atoms with E-state index in [2.05, 4.69) is 15.7 Å². The van der Waals surface area contributed by atoms with E-state index >= 15 is 0 Å². The van der Waals surface area contributed by atoms with Gasteiger partial charge in [0.15, 0.2) is 12.3 Å². The zero-order valence-electron chi connectivity index (χ0n) is 26.6. The second kappa shape index (κ2) is 15.8. The number of para-hydroxylation sites is 1. The monoisotopic (exact) mass is 653 g/mol. The summed E-state index contributed by atoms with van der Waals surface area (Å²) in [7, 11) is 0. The number of aliphatic hydroxyl groups is 1. The van der Waals surface area contributed by atoms with E-state index in [1.165, 1.54) is 20.5 Å². The zero-order valence-corrected chi connectivity index (χ0v) is 26.6. The first-order valence-electron chi connectivity index (χ1n) is 16.3. The average molecular weight is 654 g/mol. The number of piperazine rings is 1. The fourth-order valence-corrected chi connectivity index (χ4v) is 5.90. The number of ether oxygens (including phenoxy) is 2. The lowest BCUT2D eigenvalue weighted by atomic mass is 9.93. The van der Waals surface area contributed by atoms with Gasteiger partial charge < -0.3 is 39.9 Å². The fraction of sp³-hybridized carbons (Fsp3) is 0.562. The molecule has 47 heavy (non-hydrogen) atoms. The van der Waals surface area contributed by atoms with Gasteiger partial charge in [0.2, 0.25) is 17.7 Å². The van der Waals surface area contributed by atoms with Gasteiger partial charge in [0.05, 0.1) is 12.3 Å². The Morgan fingerprint density at radius 1 is 0.979 bits per heavy atom. The van der Waals surface area contributed by atoms with Crippen molar-refractivity contribution >= 4 is 29.7 Å². The Morgan fingerprint density at radius 2 is 1.70 bits per heavy atom. The van der Waals surface area contributed by atoms with Crippen molar-refractivity contribution in [3.63, 3.8) is 0 Å². The number of aromatic nitrogens is 2. The van der Waals surface area contributed by atoms with Crippen molar-refractivity contribution in [3.05, 3.63) is 42.1 Å². The number of carbonyl (C=O) groups is 5. The zero-order chi connectivity index (χ0) is 33.3. The van der Waals surface area contributed by atoms with Gasteiger partial charge in [-0.15, -0.1) is 0 Å². The Hall–Kier alpha value is -4.66. The SMILES string of the molecule is CCOC(=O)N1CCN(C(=O)[C@H](CCO)NC(=O)c2cc(OCC(=O)N3CCC[C@H]3C(=O)NC3CCC3)n(-c3ccccc3)n2)CC1. The molecule has 5 amide bonds. The van der Waals surface area contributed by atoms with Crippen LogP contribution in [0.5, 0.6) is 5.88 Å². The molecule has 3 heterocycles. The molecule has 254 valence electrons. The van der Waals surface area contributed by atoms with Gasteiger partial charge in [-0.05, 0) is 57.6 Å². The van der Waals surface area contributed by atoms with Crippen molar-refractivity contribution in [1.82, 2.24) is 35.1 Å². The number of hydrogen-bond donors (Lipinski definition) is 3. The average Bonchev–Trinajstić information content (AvgIpc) is 3.74. The van der Waals surface area contributed by atoms with E-state index in [1.807, 2.05) is 6.07 Å². The van der Waals surface area contributed by atoms with Crippen LogP contribution >= 0.6 is 0 Å². The quantitative estimate of drug-likeness (QED) is 0.298. The first-order chi connectivity index (χ1) is 22.8. The number of benzene rings is 1. The van der Waals surface area contributed by atoms with E-state index in [0.29, 0.717) is 18.7 Å². The number of carbonyl (C=O) groups excluding carboxylic acids is 5. The summed E-state index contributed by atoms with van der Waals surface area (Å²) in [6, 6.07) is 8.92. The lowest BCUT2D eigenvalue weighted by molar-refractivity contribution is -0.140. The summed E-state index contributed by atoms with van der Waals surface area (Å²) in [6.45, 7) is 2.80. The van der Waals surface area contributed by atoms with Crippen molar-refractivity contribution in [2.24, 2.45) is 0 Å². The van der Waals surface area contributed by atoms with E-state index in [9.17, 15) is 29.1 Å². The first kappa shape index (κ1) is 33.7. The van der Waals surface area contributed by atoms with Crippen LogP contribution in [0.2, 0.25) is 0 Å². The van der Waals surface area contributed by atoms with E-state index in [1.54, 1.807) is 36.1 Å². The molecule has 2 aromatic rings. The minimum Gasteiger partial charge on any atom is -0.467 e. The topological polar surface area (TPSA) is 176 Å². The molecule has 3 N–H and O–H groups in total. The molecule has 1 saturated carbocycles. The Bertz CT molecular complexity index is 1420. The number of amides is 5. The highest BCUT2D eigenvalue weighted by atomic mass is 16.6. The molecule has 1 aromatic heterocycles. The van der Waals surface area contributed by atoms with Gasteiger partial charge in [0.25, 0.3) is 11.8 Å². The van der Waals surface area contributed by atoms with Crippen LogP contribution in [0.3, 0.4) is 0 Å². The summed E-state index contributed by atoms with van der Waals surface area (Å²) < 4.78 is 12.3. The predicted octanol–water partition coefficient (Wildman–Crippen LogP) is 0.692. The van der Waals surface area contributed by atoms with Gasteiger partial charge >= 0.3 is 6.09 Å². The number of rotatable bonds is 12. The summed E-state index contributed by atoms with van der Waals surface area (Å²) in [5.74, 6) is -1.41. The maximum absolute atomic E-state index is 13.4. The largest absolute Gasteiger partial charge is 0.467 e. The van der Waals surface area contributed by atoms with E-state index in [4.69, 9.17) is 9.47 Å². The summed E-state index contributed by atoms with van der Waals surface area (Å²) in [5, 5.41) is 19.8. The molecule has 0 spiro atoms. The molecule has 3 aliphatic rings. The molecular weight excluding hydrogens is 610 g/mol. The third-order valence-corrected chi connectivity index (χ3v) is 8.72. The molecule has 2 atom stereocenters. The standard InChI is InChI=1S/C32H43N7O8/c1-2-46-32(45)37-17-15-36(16-18-37)31(44)24(13-19-40)34-29(42)25-20-28(39(35-25)23-10-4-3-5-11-23)47-21-27(41)38-14-7-12-26(38)30(43)33-22-8-6-9-22/h3-5,10-11,20,22,24,26,40H,2,6-9,12-19,21H2,1H3,(H,33,43)(H,34,42)/t24-,26-/m0/s1. The summed E-state index contributed by atoms with van der Waals surface area (Å²) in [4.78, 5) is 69.5. The maximum atomic E-state index is 13.4. The number of likely N-dealkylation sites (tertiary alicyclic amines) is 1. The predicted molar refractivity (Wildman–Crippen MR) is 168 cm³/mol. The van der Waals surface area contributed by atoms with Crippen LogP contribution in [0.1, 0.15) is 55.9 Å². The molecule has 1 aromatic carbocycles. The molecule has 15 heteroatoms. The fourth-order valence-electron chi connectivity index (χ4n) is 5.90. The van der Waals surface area contributed by atoms with E-state index < -0.39 is 24.1 Å². The van der Waals surface area contributed by atoms with Gasteiger partial charge in [-0.3, -0.25) is 19.2 Å². The van der Waals surface area contributed by atoms with Gasteiger partial charge in [0.1, 0.15) is 12.1 Å². The van der Waals surface area contributed by atoms with Gasteiger partial charge in [-0.1, -0.05) is 18.2 Å². The summed E-state index contributed by atoms with van der Waals surface area (Å²) in [6.07, 6.45) is 3.85. The second-order valence-corrected chi connectivity index (χ2v) is 11.8. The molecule has 0 bridgehead atoms. The Kier molecular flexibility index (Phi) is 11.3. The normalized spacial score (nSPS) is 18.7. The molecule has 0 unspecified atom stereocenters. The summed E-state index contributed by atoms with van der Waals surface area (Å²) >= 11 is 0. The van der Waals surface area contributed by atoms with E-state index in [0.717, 1.165) is 25.7 Å². The van der Waals surface area contributed by atoms with Crippen molar-refractivity contribution in [2.45, 2.75) is 63.6 Å². The van der Waals surface area contributed by atoms with Crippen molar-refractivity contribution in [2.75, 3.05) is 52.5 Å². The smallest absolute Gasteiger partial charge is 0.409 e. The van der Waals surface area contributed by atoms with Crippen LogP contribution in [0.25, 0.3) is 5.69 Å². The van der Waals surface area contributed by atoms with Crippen LogP contribution in [0, 0.1) is 0 Å². The molecule has 15 nitrogen and oxygen atoms in total. The maximum Gasteiger partial charge on any atom is 0.409 e. The molecule has 2 aliphatic heterocycles. The second-order valence-electron chi connectivity index (χ2n) is 11.8.